The summed E-state index contributed by atoms with van der Waals surface area (Å²) >= 11 is 0. The average molecular weight is 284 g/mol. The second kappa shape index (κ2) is 5.32. The summed E-state index contributed by atoms with van der Waals surface area (Å²) in [5, 5.41) is 7.90. The van der Waals surface area contributed by atoms with E-state index in [4.69, 9.17) is 4.74 Å². The van der Waals surface area contributed by atoms with Crippen LogP contribution < -0.4 is 10.1 Å². The number of aryl methyl sites for hydroxylation is 1. The molecule has 0 bridgehead atoms. The second-order valence-corrected chi connectivity index (χ2v) is 4.68. The summed E-state index contributed by atoms with van der Waals surface area (Å²) < 4.78 is 6.93. The molecule has 0 aliphatic rings. The molecule has 0 atom stereocenters. The fourth-order valence-corrected chi connectivity index (χ4v) is 2.15. The number of nitrogens with zero attached hydrogens (tertiary/aromatic N) is 2. The number of rotatable bonds is 4. The fourth-order valence-electron chi connectivity index (χ4n) is 2.15. The third-order valence-corrected chi connectivity index (χ3v) is 3.29. The molecule has 2 aromatic heterocycles. The van der Waals surface area contributed by atoms with E-state index in [-0.39, 0.29) is 5.91 Å². The van der Waals surface area contributed by atoms with Gasteiger partial charge < -0.3 is 15.0 Å². The molecule has 0 aliphatic heterocycles. The second-order valence-electron chi connectivity index (χ2n) is 4.68. The normalized spacial score (nSPS) is 10.8. The number of hydrogen-bond donors (Lipinski definition) is 2. The van der Waals surface area contributed by atoms with E-state index < -0.39 is 0 Å². The summed E-state index contributed by atoms with van der Waals surface area (Å²) in [7, 11) is 1.61. The van der Waals surface area contributed by atoms with Crippen molar-refractivity contribution in [1.29, 1.82) is 0 Å². The summed E-state index contributed by atoms with van der Waals surface area (Å²) in [6.45, 7) is 2.76. The Balaban J connectivity index is 1.83. The molecule has 0 unspecified atom stereocenters. The van der Waals surface area contributed by atoms with Crippen molar-refractivity contribution < 1.29 is 9.53 Å². The molecule has 108 valence electrons. The SMILES string of the molecule is CCn1cc(NC(=O)c2cc3ccc(OC)cc3[nH]2)cn1. The topological polar surface area (TPSA) is 71.9 Å². The van der Waals surface area contributed by atoms with E-state index in [2.05, 4.69) is 15.4 Å². The minimum absolute atomic E-state index is 0.194. The molecule has 0 saturated heterocycles. The highest BCUT2D eigenvalue weighted by atomic mass is 16.5. The highest BCUT2D eigenvalue weighted by Gasteiger charge is 2.11. The lowest BCUT2D eigenvalue weighted by Gasteiger charge is -1.99. The molecular formula is C15H16N4O2. The molecule has 0 radical (unpaired) electrons. The summed E-state index contributed by atoms with van der Waals surface area (Å²) in [6, 6.07) is 7.45. The largest absolute Gasteiger partial charge is 0.497 e. The van der Waals surface area contributed by atoms with Crippen molar-refractivity contribution in [2.75, 3.05) is 12.4 Å². The van der Waals surface area contributed by atoms with Gasteiger partial charge in [0.25, 0.3) is 5.91 Å². The van der Waals surface area contributed by atoms with E-state index in [0.29, 0.717) is 11.4 Å². The number of aromatic amines is 1. The van der Waals surface area contributed by atoms with Crippen LogP contribution in [0.25, 0.3) is 10.9 Å². The Hall–Kier alpha value is -2.76. The zero-order chi connectivity index (χ0) is 14.8. The number of amides is 1. The van der Waals surface area contributed by atoms with Gasteiger partial charge in [0.15, 0.2) is 0 Å². The lowest BCUT2D eigenvalue weighted by atomic mass is 10.2. The van der Waals surface area contributed by atoms with Crippen LogP contribution in [0.3, 0.4) is 0 Å². The lowest BCUT2D eigenvalue weighted by molar-refractivity contribution is 0.102. The Kier molecular flexibility index (Phi) is 3.35. The van der Waals surface area contributed by atoms with E-state index in [0.717, 1.165) is 23.2 Å². The smallest absolute Gasteiger partial charge is 0.272 e. The number of benzene rings is 1. The highest BCUT2D eigenvalue weighted by Crippen LogP contribution is 2.21. The third kappa shape index (κ3) is 2.60. The van der Waals surface area contributed by atoms with Crippen molar-refractivity contribution in [2.45, 2.75) is 13.5 Å². The van der Waals surface area contributed by atoms with Gasteiger partial charge in [-0.3, -0.25) is 9.48 Å². The molecule has 3 aromatic rings. The average Bonchev–Trinajstić information content (AvgIpc) is 3.12. The standard InChI is InChI=1S/C15H16N4O2/c1-3-19-9-11(8-16-19)17-15(20)14-6-10-4-5-12(21-2)7-13(10)18-14/h4-9,18H,3H2,1-2H3,(H,17,20). The van der Waals surface area contributed by atoms with Gasteiger partial charge in [0.2, 0.25) is 0 Å². The molecule has 2 heterocycles. The monoisotopic (exact) mass is 284 g/mol. The molecule has 6 nitrogen and oxygen atoms in total. The molecule has 1 aromatic carbocycles. The maximum absolute atomic E-state index is 12.2. The first-order valence-electron chi connectivity index (χ1n) is 6.70. The summed E-state index contributed by atoms with van der Waals surface area (Å²) in [6.07, 6.45) is 3.43. The first-order chi connectivity index (χ1) is 10.2. The molecule has 1 amide bonds. The number of carbonyl (C=O) groups is 1. The van der Waals surface area contributed by atoms with Crippen LogP contribution in [0.4, 0.5) is 5.69 Å². The van der Waals surface area contributed by atoms with E-state index in [1.807, 2.05) is 31.2 Å². The third-order valence-electron chi connectivity index (χ3n) is 3.29. The number of carbonyl (C=O) groups excluding carboxylic acids is 1. The van der Waals surface area contributed by atoms with Gasteiger partial charge in [0, 0.05) is 29.7 Å². The summed E-state index contributed by atoms with van der Waals surface area (Å²) in [4.78, 5) is 15.3. The number of H-pyrrole nitrogens is 1. The van der Waals surface area contributed by atoms with Gasteiger partial charge in [0.1, 0.15) is 11.4 Å². The van der Waals surface area contributed by atoms with Crippen molar-refractivity contribution in [1.82, 2.24) is 14.8 Å². The number of ether oxygens (including phenoxy) is 1. The maximum atomic E-state index is 12.2. The van der Waals surface area contributed by atoms with Gasteiger partial charge in [-0.2, -0.15) is 5.10 Å². The minimum atomic E-state index is -0.194. The Bertz CT molecular complexity index is 788. The minimum Gasteiger partial charge on any atom is -0.497 e. The fraction of sp³-hybridized carbons (Fsp3) is 0.200. The number of nitrogens with one attached hydrogen (secondary N) is 2. The van der Waals surface area contributed by atoms with Gasteiger partial charge in [-0.25, -0.2) is 0 Å². The molecule has 0 fully saturated rings. The molecule has 0 spiro atoms. The van der Waals surface area contributed by atoms with Crippen LogP contribution in [0.2, 0.25) is 0 Å². The van der Waals surface area contributed by atoms with E-state index in [1.54, 1.807) is 24.2 Å². The van der Waals surface area contributed by atoms with Gasteiger partial charge in [-0.1, -0.05) is 0 Å². The van der Waals surface area contributed by atoms with Crippen LogP contribution in [0.15, 0.2) is 36.7 Å². The Morgan fingerprint density at radius 2 is 2.29 bits per heavy atom. The quantitative estimate of drug-likeness (QED) is 0.773. The van der Waals surface area contributed by atoms with E-state index in [9.17, 15) is 4.79 Å². The number of hydrogen-bond acceptors (Lipinski definition) is 3. The number of methoxy groups -OCH3 is 1. The summed E-state index contributed by atoms with van der Waals surface area (Å²) in [5.41, 5.74) is 2.05. The number of aromatic nitrogens is 3. The van der Waals surface area contributed by atoms with Gasteiger partial charge in [-0.15, -0.1) is 0 Å². The van der Waals surface area contributed by atoms with Gasteiger partial charge in [0.05, 0.1) is 19.0 Å². The van der Waals surface area contributed by atoms with Crippen molar-refractivity contribution in [3.05, 3.63) is 42.4 Å². The maximum Gasteiger partial charge on any atom is 0.272 e. The van der Waals surface area contributed by atoms with Crippen molar-refractivity contribution in [2.24, 2.45) is 0 Å². The molecule has 0 aliphatic carbocycles. The van der Waals surface area contributed by atoms with E-state index >= 15 is 0 Å². The molecule has 0 saturated carbocycles. The predicted octanol–water partition coefficient (Wildman–Crippen LogP) is 2.65. The van der Waals surface area contributed by atoms with Crippen LogP contribution in [-0.2, 0) is 6.54 Å². The molecule has 6 heteroatoms. The van der Waals surface area contributed by atoms with Crippen molar-refractivity contribution >= 4 is 22.5 Å². The Labute approximate surface area is 121 Å². The number of anilines is 1. The van der Waals surface area contributed by atoms with Crippen LogP contribution in [0, 0.1) is 0 Å². The first kappa shape index (κ1) is 13.2. The van der Waals surface area contributed by atoms with Gasteiger partial charge in [-0.05, 0) is 25.1 Å². The van der Waals surface area contributed by atoms with Crippen LogP contribution in [-0.4, -0.2) is 27.8 Å². The zero-order valence-electron chi connectivity index (χ0n) is 11.9. The van der Waals surface area contributed by atoms with Crippen LogP contribution >= 0.6 is 0 Å². The van der Waals surface area contributed by atoms with Crippen LogP contribution in [0.1, 0.15) is 17.4 Å². The molecule has 3 rings (SSSR count). The molecular weight excluding hydrogens is 268 g/mol. The molecule has 21 heavy (non-hydrogen) atoms. The Morgan fingerprint density at radius 3 is 3.00 bits per heavy atom. The molecule has 2 N–H and O–H groups in total. The van der Waals surface area contributed by atoms with Gasteiger partial charge >= 0.3 is 0 Å². The first-order valence-corrected chi connectivity index (χ1v) is 6.70. The van der Waals surface area contributed by atoms with Crippen molar-refractivity contribution in [3.8, 4) is 5.75 Å². The number of fused-ring (bicyclic) bond motifs is 1. The highest BCUT2D eigenvalue weighted by molar-refractivity contribution is 6.05. The zero-order valence-corrected chi connectivity index (χ0v) is 11.9. The van der Waals surface area contributed by atoms with E-state index in [1.165, 1.54) is 0 Å². The summed E-state index contributed by atoms with van der Waals surface area (Å²) in [5.74, 6) is 0.557. The van der Waals surface area contributed by atoms with Crippen LogP contribution in [0.5, 0.6) is 5.75 Å². The predicted molar refractivity (Wildman–Crippen MR) is 80.7 cm³/mol. The van der Waals surface area contributed by atoms with Crippen molar-refractivity contribution in [3.63, 3.8) is 0 Å². The lowest BCUT2D eigenvalue weighted by Crippen LogP contribution is -2.11. The Morgan fingerprint density at radius 1 is 1.43 bits per heavy atom.